The lowest BCUT2D eigenvalue weighted by Crippen LogP contribution is -2.26. The Morgan fingerprint density at radius 3 is 3.06 bits per heavy atom. The Hall–Kier alpha value is -1.62. The molecule has 17 heavy (non-hydrogen) atoms. The van der Waals surface area contributed by atoms with E-state index in [1.165, 1.54) is 10.6 Å². The maximum absolute atomic E-state index is 11.8. The molecule has 1 saturated heterocycles. The van der Waals surface area contributed by atoms with Crippen LogP contribution >= 0.6 is 0 Å². The van der Waals surface area contributed by atoms with Gasteiger partial charge in [0.25, 0.3) is 5.56 Å². The predicted octanol–water partition coefficient (Wildman–Crippen LogP) is 1.12. The summed E-state index contributed by atoms with van der Waals surface area (Å²) < 4.78 is 6.90. The van der Waals surface area contributed by atoms with Crippen LogP contribution in [0, 0.1) is 0 Å². The van der Waals surface area contributed by atoms with E-state index in [0.717, 1.165) is 25.9 Å². The van der Waals surface area contributed by atoms with Crippen molar-refractivity contribution in [3.05, 3.63) is 34.2 Å². The van der Waals surface area contributed by atoms with E-state index in [-0.39, 0.29) is 11.7 Å². The van der Waals surface area contributed by atoms with Gasteiger partial charge < -0.3 is 14.4 Å². The summed E-state index contributed by atoms with van der Waals surface area (Å²) in [6.07, 6.45) is 4.66. The molecule has 0 bridgehead atoms. The predicted molar refractivity (Wildman–Crippen MR) is 61.3 cm³/mol. The minimum atomic E-state index is -1.18. The molecule has 0 amide bonds. The molecule has 0 spiro atoms. The average molecular weight is 237 g/mol. The van der Waals surface area contributed by atoms with E-state index >= 15 is 0 Å². The van der Waals surface area contributed by atoms with Crippen LogP contribution in [0.15, 0.2) is 23.1 Å². The lowest BCUT2D eigenvalue weighted by molar-refractivity contribution is 0.0694. The van der Waals surface area contributed by atoms with Crippen molar-refractivity contribution in [2.45, 2.75) is 31.9 Å². The van der Waals surface area contributed by atoms with Gasteiger partial charge in [-0.2, -0.15) is 0 Å². The third-order valence-electron chi connectivity index (χ3n) is 2.97. The van der Waals surface area contributed by atoms with Crippen molar-refractivity contribution in [3.63, 3.8) is 0 Å². The first-order valence-corrected chi connectivity index (χ1v) is 5.73. The molecular weight excluding hydrogens is 222 g/mol. The van der Waals surface area contributed by atoms with Gasteiger partial charge in [0.1, 0.15) is 5.56 Å². The fourth-order valence-electron chi connectivity index (χ4n) is 2.03. The molecular formula is C12H15NO4. The van der Waals surface area contributed by atoms with Crippen LogP contribution < -0.4 is 5.56 Å². The molecule has 92 valence electrons. The Kier molecular flexibility index (Phi) is 3.58. The summed E-state index contributed by atoms with van der Waals surface area (Å²) >= 11 is 0. The number of aromatic nitrogens is 1. The van der Waals surface area contributed by atoms with Gasteiger partial charge in [-0.05, 0) is 31.4 Å². The molecule has 1 fully saturated rings. The highest BCUT2D eigenvalue weighted by Crippen LogP contribution is 2.15. The van der Waals surface area contributed by atoms with Crippen LogP contribution in [-0.4, -0.2) is 28.4 Å². The second-order valence-corrected chi connectivity index (χ2v) is 4.15. The van der Waals surface area contributed by atoms with Gasteiger partial charge in [0.2, 0.25) is 0 Å². The third-order valence-corrected chi connectivity index (χ3v) is 2.97. The van der Waals surface area contributed by atoms with Crippen LogP contribution in [0.5, 0.6) is 0 Å². The standard InChI is InChI=1S/C12H15NO4/c14-11-10(12(15)16)4-1-6-13(11)7-5-9-3-2-8-17-9/h1,4,6,9H,2-3,5,7-8H2,(H,15,16). The molecule has 0 aliphatic carbocycles. The van der Waals surface area contributed by atoms with Gasteiger partial charge in [0.05, 0.1) is 6.10 Å². The first-order valence-electron chi connectivity index (χ1n) is 5.73. The molecule has 2 rings (SSSR count). The number of carbonyl (C=O) groups is 1. The summed E-state index contributed by atoms with van der Waals surface area (Å²) in [5, 5.41) is 8.83. The van der Waals surface area contributed by atoms with Crippen molar-refractivity contribution in [2.75, 3.05) is 6.61 Å². The molecule has 1 atom stereocenters. The molecule has 1 aromatic rings. The lowest BCUT2D eigenvalue weighted by atomic mass is 10.2. The molecule has 5 nitrogen and oxygen atoms in total. The Balaban J connectivity index is 2.07. The fourth-order valence-corrected chi connectivity index (χ4v) is 2.03. The molecule has 0 saturated carbocycles. The van der Waals surface area contributed by atoms with Crippen LogP contribution in [0.2, 0.25) is 0 Å². The summed E-state index contributed by atoms with van der Waals surface area (Å²) in [6.45, 7) is 1.29. The number of rotatable bonds is 4. The Morgan fingerprint density at radius 1 is 1.59 bits per heavy atom. The molecule has 1 aromatic heterocycles. The maximum atomic E-state index is 11.8. The number of nitrogens with zero attached hydrogens (tertiary/aromatic N) is 1. The van der Waals surface area contributed by atoms with E-state index in [2.05, 4.69) is 0 Å². The van der Waals surface area contributed by atoms with Gasteiger partial charge in [-0.15, -0.1) is 0 Å². The lowest BCUT2D eigenvalue weighted by Gasteiger charge is -2.10. The summed E-state index contributed by atoms with van der Waals surface area (Å²) in [4.78, 5) is 22.6. The minimum Gasteiger partial charge on any atom is -0.477 e. The molecule has 0 radical (unpaired) electrons. The normalized spacial score (nSPS) is 19.4. The van der Waals surface area contributed by atoms with E-state index in [1.807, 2.05) is 0 Å². The number of carboxylic acid groups (broad SMARTS) is 1. The van der Waals surface area contributed by atoms with Crippen molar-refractivity contribution >= 4 is 5.97 Å². The Labute approximate surface area is 98.6 Å². The number of aromatic carboxylic acids is 1. The van der Waals surface area contributed by atoms with E-state index < -0.39 is 11.5 Å². The molecule has 1 N–H and O–H groups in total. The quantitative estimate of drug-likeness (QED) is 0.851. The number of carboxylic acids is 1. The number of hydrogen-bond acceptors (Lipinski definition) is 3. The third kappa shape index (κ3) is 2.74. The van der Waals surface area contributed by atoms with Crippen molar-refractivity contribution < 1.29 is 14.6 Å². The molecule has 1 unspecified atom stereocenters. The van der Waals surface area contributed by atoms with Gasteiger partial charge in [0, 0.05) is 19.3 Å². The van der Waals surface area contributed by atoms with Crippen LogP contribution in [0.4, 0.5) is 0 Å². The van der Waals surface area contributed by atoms with E-state index in [4.69, 9.17) is 9.84 Å². The van der Waals surface area contributed by atoms with E-state index in [9.17, 15) is 9.59 Å². The average Bonchev–Trinajstić information content (AvgIpc) is 2.80. The number of aryl methyl sites for hydroxylation is 1. The van der Waals surface area contributed by atoms with Crippen molar-refractivity contribution in [1.29, 1.82) is 0 Å². The van der Waals surface area contributed by atoms with Crippen molar-refractivity contribution in [2.24, 2.45) is 0 Å². The smallest absolute Gasteiger partial charge is 0.341 e. The highest BCUT2D eigenvalue weighted by molar-refractivity contribution is 5.86. The van der Waals surface area contributed by atoms with Gasteiger partial charge in [-0.3, -0.25) is 4.79 Å². The summed E-state index contributed by atoms with van der Waals surface area (Å²) in [6, 6.07) is 2.91. The number of pyridine rings is 1. The van der Waals surface area contributed by atoms with Crippen LogP contribution in [0.25, 0.3) is 0 Å². The first kappa shape index (κ1) is 11.9. The zero-order valence-electron chi connectivity index (χ0n) is 9.46. The highest BCUT2D eigenvalue weighted by atomic mass is 16.5. The van der Waals surface area contributed by atoms with Crippen LogP contribution in [0.1, 0.15) is 29.6 Å². The first-order chi connectivity index (χ1) is 8.18. The summed E-state index contributed by atoms with van der Waals surface area (Å²) in [7, 11) is 0. The zero-order chi connectivity index (χ0) is 12.3. The minimum absolute atomic E-state index is 0.181. The zero-order valence-corrected chi connectivity index (χ0v) is 9.46. The van der Waals surface area contributed by atoms with Gasteiger partial charge in [-0.1, -0.05) is 0 Å². The molecule has 5 heteroatoms. The molecule has 1 aliphatic rings. The van der Waals surface area contributed by atoms with Gasteiger partial charge in [-0.25, -0.2) is 4.79 Å². The number of ether oxygens (including phenoxy) is 1. The number of hydrogen-bond donors (Lipinski definition) is 1. The van der Waals surface area contributed by atoms with Crippen LogP contribution in [-0.2, 0) is 11.3 Å². The van der Waals surface area contributed by atoms with Gasteiger partial charge >= 0.3 is 5.97 Å². The highest BCUT2D eigenvalue weighted by Gasteiger charge is 2.16. The van der Waals surface area contributed by atoms with E-state index in [0.29, 0.717) is 6.54 Å². The molecule has 2 heterocycles. The topological polar surface area (TPSA) is 68.5 Å². The maximum Gasteiger partial charge on any atom is 0.341 e. The summed E-state index contributed by atoms with van der Waals surface area (Å²) in [5.41, 5.74) is -0.627. The van der Waals surface area contributed by atoms with Crippen molar-refractivity contribution in [1.82, 2.24) is 4.57 Å². The van der Waals surface area contributed by atoms with E-state index in [1.54, 1.807) is 12.3 Å². The molecule has 1 aliphatic heterocycles. The van der Waals surface area contributed by atoms with Crippen molar-refractivity contribution in [3.8, 4) is 0 Å². The second kappa shape index (κ2) is 5.14. The van der Waals surface area contributed by atoms with Crippen LogP contribution in [0.3, 0.4) is 0 Å². The monoisotopic (exact) mass is 237 g/mol. The Morgan fingerprint density at radius 2 is 2.41 bits per heavy atom. The SMILES string of the molecule is O=C(O)c1cccn(CCC2CCCO2)c1=O. The molecule has 0 aromatic carbocycles. The Bertz CT molecular complexity index is 460. The summed E-state index contributed by atoms with van der Waals surface area (Å²) in [5.74, 6) is -1.18. The van der Waals surface area contributed by atoms with Gasteiger partial charge in [0.15, 0.2) is 0 Å². The largest absolute Gasteiger partial charge is 0.477 e. The second-order valence-electron chi connectivity index (χ2n) is 4.15. The fraction of sp³-hybridized carbons (Fsp3) is 0.500.